The van der Waals surface area contributed by atoms with Gasteiger partial charge in [-0.25, -0.2) is 14.4 Å². The van der Waals surface area contributed by atoms with Crippen LogP contribution in [-0.4, -0.2) is 58.1 Å². The lowest BCUT2D eigenvalue weighted by molar-refractivity contribution is -0.384. The minimum Gasteiger partial charge on any atom is -0.480 e. The van der Waals surface area contributed by atoms with Crippen molar-refractivity contribution in [2.24, 2.45) is 0 Å². The molecule has 30 heavy (non-hydrogen) atoms. The third-order valence-electron chi connectivity index (χ3n) is 4.40. The molecule has 1 saturated heterocycles. The predicted molar refractivity (Wildman–Crippen MR) is 101 cm³/mol. The van der Waals surface area contributed by atoms with E-state index < -0.39 is 29.1 Å². The van der Waals surface area contributed by atoms with Gasteiger partial charge in [0, 0.05) is 31.6 Å². The van der Waals surface area contributed by atoms with Gasteiger partial charge in [0.05, 0.1) is 4.92 Å². The van der Waals surface area contributed by atoms with Gasteiger partial charge in [0.2, 0.25) is 5.91 Å². The molecule has 1 aromatic carbocycles. The summed E-state index contributed by atoms with van der Waals surface area (Å²) in [6.07, 6.45) is 0.441. The zero-order chi connectivity index (χ0) is 22.1. The van der Waals surface area contributed by atoms with Crippen molar-refractivity contribution in [3.8, 4) is 0 Å². The number of carboxylic acids is 1. The van der Waals surface area contributed by atoms with Crippen LogP contribution in [0.4, 0.5) is 15.3 Å². The molecular weight excluding hydrogens is 400 g/mol. The Bertz CT molecular complexity index is 811. The van der Waals surface area contributed by atoms with E-state index >= 15 is 0 Å². The fourth-order valence-electron chi connectivity index (χ4n) is 2.60. The topological polar surface area (TPSA) is 168 Å². The molecule has 0 bridgehead atoms. The zero-order valence-electron chi connectivity index (χ0n) is 16.0. The number of imide groups is 1. The lowest BCUT2D eigenvalue weighted by Gasteiger charge is -2.28. The van der Waals surface area contributed by atoms with Crippen molar-refractivity contribution in [1.82, 2.24) is 15.5 Å². The second-order valence-electron chi connectivity index (χ2n) is 6.56. The Morgan fingerprint density at radius 1 is 1.23 bits per heavy atom. The highest BCUT2D eigenvalue weighted by atomic mass is 16.6. The molecule has 4 amide bonds. The summed E-state index contributed by atoms with van der Waals surface area (Å²) in [6, 6.07) is 3.78. The van der Waals surface area contributed by atoms with Crippen LogP contribution in [0.2, 0.25) is 0 Å². The van der Waals surface area contributed by atoms with Gasteiger partial charge in [0.25, 0.3) is 5.69 Å². The molecule has 1 atom stereocenters. The first-order valence-electron chi connectivity index (χ1n) is 9.25. The van der Waals surface area contributed by atoms with Gasteiger partial charge in [-0.1, -0.05) is 0 Å². The molecule has 1 aliphatic rings. The smallest absolute Gasteiger partial charge is 0.408 e. The number of rotatable bonds is 10. The summed E-state index contributed by atoms with van der Waals surface area (Å²) in [7, 11) is 0. The van der Waals surface area contributed by atoms with Gasteiger partial charge in [0.1, 0.15) is 12.6 Å². The fraction of sp³-hybridized carbons (Fsp3) is 0.444. The summed E-state index contributed by atoms with van der Waals surface area (Å²) in [6.45, 7) is 0.509. The molecule has 0 aromatic heterocycles. The highest BCUT2D eigenvalue weighted by molar-refractivity contribution is 5.98. The Labute approximate surface area is 171 Å². The predicted octanol–water partition coefficient (Wildman–Crippen LogP) is 1.39. The van der Waals surface area contributed by atoms with Crippen molar-refractivity contribution in [2.45, 2.75) is 38.3 Å². The van der Waals surface area contributed by atoms with Crippen molar-refractivity contribution in [1.29, 1.82) is 0 Å². The molecule has 3 N–H and O–H groups in total. The lowest BCUT2D eigenvalue weighted by atomic mass is 10.1. The summed E-state index contributed by atoms with van der Waals surface area (Å²) < 4.78 is 4.95. The van der Waals surface area contributed by atoms with Gasteiger partial charge in [-0.3, -0.25) is 19.8 Å². The van der Waals surface area contributed by atoms with Crippen LogP contribution in [-0.2, 0) is 20.9 Å². The number of carbonyl (C=O) groups is 4. The number of carboxylic acid groups (broad SMARTS) is 1. The Balaban J connectivity index is 1.66. The van der Waals surface area contributed by atoms with E-state index in [1.807, 2.05) is 0 Å². The number of aliphatic carboxylic acids is 1. The van der Waals surface area contributed by atoms with Gasteiger partial charge in [-0.15, -0.1) is 0 Å². The average Bonchev–Trinajstić information content (AvgIpc) is 2.70. The number of non-ortho nitro benzene ring substituents is 1. The minimum absolute atomic E-state index is 0.0955. The Morgan fingerprint density at radius 2 is 1.93 bits per heavy atom. The largest absolute Gasteiger partial charge is 0.480 e. The number of carbonyl (C=O) groups excluding carboxylic acids is 3. The number of hydrogen-bond acceptors (Lipinski definition) is 7. The molecule has 1 aliphatic heterocycles. The lowest BCUT2D eigenvalue weighted by Crippen LogP contribution is -2.52. The molecule has 0 aliphatic carbocycles. The monoisotopic (exact) mass is 422 g/mol. The number of nitrogens with zero attached hydrogens (tertiary/aromatic N) is 2. The van der Waals surface area contributed by atoms with E-state index in [4.69, 9.17) is 4.74 Å². The average molecular weight is 422 g/mol. The second kappa shape index (κ2) is 10.7. The number of unbranched alkanes of at least 4 members (excludes halogenated alkanes) is 1. The van der Waals surface area contributed by atoms with Crippen LogP contribution >= 0.6 is 0 Å². The maximum atomic E-state index is 11.8. The number of ether oxygens (including phenoxy) is 1. The number of alkyl carbamates (subject to hydrolysis) is 1. The summed E-state index contributed by atoms with van der Waals surface area (Å²) in [5.74, 6) is -1.45. The molecule has 12 heteroatoms. The summed E-state index contributed by atoms with van der Waals surface area (Å²) in [4.78, 5) is 57.0. The standard InChI is InChI=1S/C18H22N4O8/c23-15-8-10-21(15)17(26)19-9-2-1-3-14(16(24)25)20-18(27)30-11-12-4-6-13(7-5-12)22(28)29/h4-7,14H,1-3,8-11H2,(H,19,26)(H,20,27)(H,24,25)/t14-/m0/s1. The molecule has 0 saturated carbocycles. The molecule has 2 rings (SSSR count). The first-order valence-corrected chi connectivity index (χ1v) is 9.25. The van der Waals surface area contributed by atoms with E-state index in [-0.39, 0.29) is 31.2 Å². The van der Waals surface area contributed by atoms with Crippen LogP contribution in [0.3, 0.4) is 0 Å². The van der Waals surface area contributed by atoms with Gasteiger partial charge in [0.15, 0.2) is 0 Å². The normalized spacial score (nSPS) is 13.7. The maximum absolute atomic E-state index is 11.8. The number of urea groups is 1. The van der Waals surface area contributed by atoms with Crippen molar-refractivity contribution in [3.05, 3.63) is 39.9 Å². The van der Waals surface area contributed by atoms with Crippen LogP contribution in [0.5, 0.6) is 0 Å². The molecule has 0 unspecified atom stereocenters. The summed E-state index contributed by atoms with van der Waals surface area (Å²) in [5, 5.41) is 24.7. The maximum Gasteiger partial charge on any atom is 0.408 e. The molecule has 1 aromatic rings. The SMILES string of the molecule is O=C(N[C@@H](CCCCNC(=O)N1CCC1=O)C(=O)O)OCc1ccc([N+](=O)[O-])cc1. The number of nitro groups is 1. The third-order valence-corrected chi connectivity index (χ3v) is 4.40. The number of likely N-dealkylation sites (tertiary alicyclic amines) is 1. The number of nitrogens with one attached hydrogen (secondary N) is 2. The highest BCUT2D eigenvalue weighted by Crippen LogP contribution is 2.13. The van der Waals surface area contributed by atoms with Gasteiger partial charge in [-0.05, 0) is 37.0 Å². The van der Waals surface area contributed by atoms with E-state index in [0.717, 1.165) is 4.90 Å². The van der Waals surface area contributed by atoms with E-state index in [1.165, 1.54) is 24.3 Å². The van der Waals surface area contributed by atoms with Crippen LogP contribution in [0.25, 0.3) is 0 Å². The van der Waals surface area contributed by atoms with Gasteiger partial charge >= 0.3 is 18.1 Å². The first kappa shape index (κ1) is 22.6. The number of benzene rings is 1. The second-order valence-corrected chi connectivity index (χ2v) is 6.56. The first-order chi connectivity index (χ1) is 14.3. The highest BCUT2D eigenvalue weighted by Gasteiger charge is 2.29. The molecule has 0 spiro atoms. The fourth-order valence-corrected chi connectivity index (χ4v) is 2.60. The number of β-lactam (4-membered cyclic amide) rings is 1. The number of nitro benzene ring substituents is 1. The molecule has 0 radical (unpaired) electrons. The van der Waals surface area contributed by atoms with E-state index in [1.54, 1.807) is 0 Å². The van der Waals surface area contributed by atoms with E-state index in [2.05, 4.69) is 10.6 Å². The number of amides is 4. The van der Waals surface area contributed by atoms with Crippen molar-refractivity contribution in [3.63, 3.8) is 0 Å². The Morgan fingerprint density at radius 3 is 2.47 bits per heavy atom. The van der Waals surface area contributed by atoms with Crippen molar-refractivity contribution in [2.75, 3.05) is 13.1 Å². The quantitative estimate of drug-likeness (QED) is 0.220. The number of hydrogen-bond donors (Lipinski definition) is 3. The molecule has 162 valence electrons. The minimum atomic E-state index is -1.22. The van der Waals surface area contributed by atoms with Crippen LogP contribution in [0, 0.1) is 10.1 Å². The van der Waals surface area contributed by atoms with Gasteiger partial charge < -0.3 is 20.5 Å². The van der Waals surface area contributed by atoms with Crippen LogP contribution in [0.15, 0.2) is 24.3 Å². The van der Waals surface area contributed by atoms with Crippen LogP contribution in [0.1, 0.15) is 31.2 Å². The Hall–Kier alpha value is -3.70. The Kier molecular flexibility index (Phi) is 8.08. The van der Waals surface area contributed by atoms with Crippen molar-refractivity contribution < 1.29 is 33.9 Å². The van der Waals surface area contributed by atoms with Crippen molar-refractivity contribution >= 4 is 29.7 Å². The summed E-state index contributed by atoms with van der Waals surface area (Å²) in [5.41, 5.74) is 0.417. The van der Waals surface area contributed by atoms with Crippen LogP contribution < -0.4 is 10.6 Å². The molecule has 12 nitrogen and oxygen atoms in total. The van der Waals surface area contributed by atoms with E-state index in [9.17, 15) is 34.4 Å². The molecule has 1 fully saturated rings. The molecule has 1 heterocycles. The van der Waals surface area contributed by atoms with E-state index in [0.29, 0.717) is 31.4 Å². The summed E-state index contributed by atoms with van der Waals surface area (Å²) >= 11 is 0. The zero-order valence-corrected chi connectivity index (χ0v) is 16.0. The molecular formula is C18H22N4O8. The van der Waals surface area contributed by atoms with Gasteiger partial charge in [-0.2, -0.15) is 0 Å². The third kappa shape index (κ3) is 6.72.